The number of benzene rings is 1. The van der Waals surface area contributed by atoms with Gasteiger partial charge in [-0.15, -0.1) is 0 Å². The first kappa shape index (κ1) is 17.8. The van der Waals surface area contributed by atoms with E-state index in [0.29, 0.717) is 5.02 Å². The largest absolute Gasteiger partial charge is 0.452 e. The summed E-state index contributed by atoms with van der Waals surface area (Å²) < 4.78 is 4.94. The standard InChI is InChI=1S/C14H18ClN3O4/c1-9(22-12(19)6-7-17-14(16)21)13(20)18-8-10-4-2-3-5-11(10)15/h2-5,9H,6-8H2,1H3,(H,18,20)(H3,16,17,21). The van der Waals surface area contributed by atoms with Gasteiger partial charge in [-0.3, -0.25) is 9.59 Å². The van der Waals surface area contributed by atoms with Crippen LogP contribution in [0.3, 0.4) is 0 Å². The maximum absolute atomic E-state index is 11.8. The van der Waals surface area contributed by atoms with Crippen molar-refractivity contribution >= 4 is 29.5 Å². The lowest BCUT2D eigenvalue weighted by Crippen LogP contribution is -2.36. The van der Waals surface area contributed by atoms with Crippen LogP contribution in [0, 0.1) is 0 Å². The van der Waals surface area contributed by atoms with E-state index in [1.807, 2.05) is 6.07 Å². The second kappa shape index (κ2) is 8.89. The van der Waals surface area contributed by atoms with Crippen LogP contribution in [0.15, 0.2) is 24.3 Å². The van der Waals surface area contributed by atoms with E-state index in [4.69, 9.17) is 22.1 Å². The maximum Gasteiger partial charge on any atom is 0.312 e. The average Bonchev–Trinajstić information content (AvgIpc) is 2.45. The molecule has 8 heteroatoms. The number of esters is 1. The van der Waals surface area contributed by atoms with Gasteiger partial charge in [0.15, 0.2) is 6.10 Å². The highest BCUT2D eigenvalue weighted by Crippen LogP contribution is 2.14. The van der Waals surface area contributed by atoms with Crippen LogP contribution in [0.5, 0.6) is 0 Å². The lowest BCUT2D eigenvalue weighted by atomic mass is 10.2. The summed E-state index contributed by atoms with van der Waals surface area (Å²) in [4.78, 5) is 33.7. The van der Waals surface area contributed by atoms with Crippen LogP contribution in [0.25, 0.3) is 0 Å². The Morgan fingerprint density at radius 3 is 2.59 bits per heavy atom. The first-order valence-electron chi connectivity index (χ1n) is 6.64. The van der Waals surface area contributed by atoms with Crippen LogP contribution in [0.4, 0.5) is 4.79 Å². The van der Waals surface area contributed by atoms with E-state index in [9.17, 15) is 14.4 Å². The van der Waals surface area contributed by atoms with Gasteiger partial charge in [0.1, 0.15) is 0 Å². The Morgan fingerprint density at radius 1 is 1.27 bits per heavy atom. The van der Waals surface area contributed by atoms with E-state index >= 15 is 0 Å². The van der Waals surface area contributed by atoms with Crippen molar-refractivity contribution in [2.75, 3.05) is 6.54 Å². The van der Waals surface area contributed by atoms with Crippen LogP contribution in [0.1, 0.15) is 18.9 Å². The minimum atomic E-state index is -0.941. The summed E-state index contributed by atoms with van der Waals surface area (Å²) in [6.07, 6.45) is -1.01. The van der Waals surface area contributed by atoms with Crippen LogP contribution in [-0.4, -0.2) is 30.6 Å². The van der Waals surface area contributed by atoms with Gasteiger partial charge in [0.2, 0.25) is 0 Å². The van der Waals surface area contributed by atoms with Crippen molar-refractivity contribution in [1.29, 1.82) is 0 Å². The number of rotatable bonds is 7. The molecule has 0 saturated heterocycles. The zero-order valence-corrected chi connectivity index (χ0v) is 12.9. The third-order valence-electron chi connectivity index (χ3n) is 2.72. The summed E-state index contributed by atoms with van der Waals surface area (Å²) in [5.74, 6) is -1.04. The van der Waals surface area contributed by atoms with Crippen LogP contribution < -0.4 is 16.4 Å². The second-order valence-corrected chi connectivity index (χ2v) is 4.89. The molecule has 0 radical (unpaired) electrons. The molecule has 0 spiro atoms. The molecule has 1 unspecified atom stereocenters. The Balaban J connectivity index is 2.34. The number of carbonyl (C=O) groups is 3. The Labute approximate surface area is 133 Å². The van der Waals surface area contributed by atoms with Crippen LogP contribution in [-0.2, 0) is 20.9 Å². The number of hydrogen-bond acceptors (Lipinski definition) is 4. The zero-order valence-electron chi connectivity index (χ0n) is 12.1. The first-order valence-corrected chi connectivity index (χ1v) is 7.02. The second-order valence-electron chi connectivity index (χ2n) is 4.48. The molecular formula is C14H18ClN3O4. The molecule has 0 heterocycles. The molecular weight excluding hydrogens is 310 g/mol. The average molecular weight is 328 g/mol. The molecule has 0 bridgehead atoms. The normalized spacial score (nSPS) is 11.4. The van der Waals surface area contributed by atoms with E-state index < -0.39 is 24.0 Å². The molecule has 22 heavy (non-hydrogen) atoms. The molecule has 0 fully saturated rings. The predicted octanol–water partition coefficient (Wildman–Crippen LogP) is 0.946. The molecule has 0 aliphatic carbocycles. The lowest BCUT2D eigenvalue weighted by Gasteiger charge is -2.14. The number of urea groups is 1. The van der Waals surface area contributed by atoms with Crippen molar-refractivity contribution in [3.8, 4) is 0 Å². The van der Waals surface area contributed by atoms with Gasteiger partial charge in [-0.1, -0.05) is 29.8 Å². The Morgan fingerprint density at radius 2 is 1.95 bits per heavy atom. The van der Waals surface area contributed by atoms with Crippen molar-refractivity contribution in [2.45, 2.75) is 26.0 Å². The molecule has 1 aromatic carbocycles. The molecule has 4 N–H and O–H groups in total. The van der Waals surface area contributed by atoms with Crippen molar-refractivity contribution in [1.82, 2.24) is 10.6 Å². The fraction of sp³-hybridized carbons (Fsp3) is 0.357. The monoisotopic (exact) mass is 327 g/mol. The number of halogens is 1. The Bertz CT molecular complexity index is 551. The summed E-state index contributed by atoms with van der Waals surface area (Å²) in [6.45, 7) is 1.76. The molecule has 7 nitrogen and oxygen atoms in total. The number of hydrogen-bond donors (Lipinski definition) is 3. The van der Waals surface area contributed by atoms with Gasteiger partial charge in [0, 0.05) is 18.1 Å². The molecule has 0 saturated carbocycles. The predicted molar refractivity (Wildman–Crippen MR) is 81.1 cm³/mol. The SMILES string of the molecule is CC(OC(=O)CCNC(N)=O)C(=O)NCc1ccccc1Cl. The minimum Gasteiger partial charge on any atom is -0.452 e. The highest BCUT2D eigenvalue weighted by molar-refractivity contribution is 6.31. The summed E-state index contributed by atoms with van der Waals surface area (Å²) in [6, 6.07) is 6.38. The van der Waals surface area contributed by atoms with Crippen LogP contribution >= 0.6 is 11.6 Å². The number of carbonyl (C=O) groups excluding carboxylic acids is 3. The minimum absolute atomic E-state index is 0.0577. The smallest absolute Gasteiger partial charge is 0.312 e. The molecule has 3 amide bonds. The maximum atomic E-state index is 11.8. The van der Waals surface area contributed by atoms with Crippen LogP contribution in [0.2, 0.25) is 5.02 Å². The Hall–Kier alpha value is -2.28. The summed E-state index contributed by atoms with van der Waals surface area (Å²) in [5, 5.41) is 5.43. The molecule has 0 aromatic heterocycles. The van der Waals surface area contributed by atoms with E-state index in [1.165, 1.54) is 6.92 Å². The van der Waals surface area contributed by atoms with Crippen molar-refractivity contribution in [2.24, 2.45) is 5.73 Å². The first-order chi connectivity index (χ1) is 10.4. The van der Waals surface area contributed by atoms with Gasteiger partial charge < -0.3 is 21.1 Å². The highest BCUT2D eigenvalue weighted by atomic mass is 35.5. The molecule has 120 valence electrons. The van der Waals surface area contributed by atoms with Crippen molar-refractivity contribution < 1.29 is 19.1 Å². The van der Waals surface area contributed by atoms with E-state index in [1.54, 1.807) is 18.2 Å². The van der Waals surface area contributed by atoms with Gasteiger partial charge >= 0.3 is 12.0 Å². The number of ether oxygens (including phenoxy) is 1. The fourth-order valence-corrected chi connectivity index (χ4v) is 1.77. The van der Waals surface area contributed by atoms with Gasteiger partial charge in [-0.05, 0) is 18.6 Å². The third kappa shape index (κ3) is 6.45. The Kier molecular flexibility index (Phi) is 7.18. The summed E-state index contributed by atoms with van der Waals surface area (Å²) in [7, 11) is 0. The van der Waals surface area contributed by atoms with Crippen molar-refractivity contribution in [3.63, 3.8) is 0 Å². The molecule has 1 rings (SSSR count). The quantitative estimate of drug-likeness (QED) is 0.647. The molecule has 1 atom stereocenters. The number of amides is 3. The number of nitrogens with one attached hydrogen (secondary N) is 2. The fourth-order valence-electron chi connectivity index (χ4n) is 1.57. The zero-order chi connectivity index (χ0) is 16.5. The van der Waals surface area contributed by atoms with E-state index in [-0.39, 0.29) is 19.5 Å². The van der Waals surface area contributed by atoms with Crippen molar-refractivity contribution in [3.05, 3.63) is 34.9 Å². The highest BCUT2D eigenvalue weighted by Gasteiger charge is 2.17. The number of primary amides is 1. The van der Waals surface area contributed by atoms with Gasteiger partial charge in [0.25, 0.3) is 5.91 Å². The van der Waals surface area contributed by atoms with Gasteiger partial charge in [-0.25, -0.2) is 4.79 Å². The molecule has 1 aromatic rings. The third-order valence-corrected chi connectivity index (χ3v) is 3.09. The molecule has 0 aliphatic heterocycles. The van der Waals surface area contributed by atoms with Gasteiger partial charge in [-0.2, -0.15) is 0 Å². The topological polar surface area (TPSA) is 111 Å². The summed E-state index contributed by atoms with van der Waals surface area (Å²) >= 11 is 5.97. The number of nitrogens with two attached hydrogens (primary N) is 1. The van der Waals surface area contributed by atoms with E-state index in [2.05, 4.69) is 10.6 Å². The molecule has 0 aliphatic rings. The van der Waals surface area contributed by atoms with E-state index in [0.717, 1.165) is 5.56 Å². The van der Waals surface area contributed by atoms with Gasteiger partial charge in [0.05, 0.1) is 6.42 Å². The lowest BCUT2D eigenvalue weighted by molar-refractivity contribution is -0.154. The summed E-state index contributed by atoms with van der Waals surface area (Å²) in [5.41, 5.74) is 5.62.